The Balaban J connectivity index is 2.69. The molecule has 0 aliphatic carbocycles. The highest BCUT2D eigenvalue weighted by molar-refractivity contribution is 5.81. The van der Waals surface area contributed by atoms with Gasteiger partial charge in [-0.15, -0.1) is 0 Å². The van der Waals surface area contributed by atoms with E-state index in [0.29, 0.717) is 19.3 Å². The minimum Gasteiger partial charge on any atom is -0.394 e. The molecule has 0 aromatic heterocycles. The lowest BCUT2D eigenvalue weighted by molar-refractivity contribution is -0.303. The lowest BCUT2D eigenvalue weighted by Gasteiger charge is -2.40. The van der Waals surface area contributed by atoms with E-state index >= 15 is 0 Å². The molecule has 1 aliphatic rings. The Labute approximate surface area is 282 Å². The third kappa shape index (κ3) is 18.6. The Morgan fingerprint density at radius 2 is 1.34 bits per heavy atom. The number of hydrogen-bond acceptors (Lipinski definition) is 10. The molecule has 9 unspecified atom stereocenters. The van der Waals surface area contributed by atoms with Crippen molar-refractivity contribution in [3.05, 3.63) is 36.5 Å². The van der Waals surface area contributed by atoms with Gasteiger partial charge in [-0.1, -0.05) is 95.2 Å². The molecule has 0 radical (unpaired) electrons. The van der Waals surface area contributed by atoms with Crippen molar-refractivity contribution in [1.29, 1.82) is 0 Å². The Kier molecular flexibility index (Phi) is 25.1. The summed E-state index contributed by atoms with van der Waals surface area (Å²) in [6, 6.07) is -1.21. The van der Waals surface area contributed by atoms with Gasteiger partial charge in [0.2, 0.25) is 5.91 Å². The molecule has 8 N–H and O–H groups in total. The van der Waals surface area contributed by atoms with Crippen molar-refractivity contribution in [3.8, 4) is 0 Å². The van der Waals surface area contributed by atoms with Crippen LogP contribution in [-0.4, -0.2) is 110 Å². The zero-order valence-corrected chi connectivity index (χ0v) is 28.7. The average Bonchev–Trinajstić information content (AvgIpc) is 3.07. The van der Waals surface area contributed by atoms with Crippen LogP contribution in [0, 0.1) is 0 Å². The summed E-state index contributed by atoms with van der Waals surface area (Å²) in [5, 5.41) is 74.6. The van der Waals surface area contributed by atoms with Gasteiger partial charge in [0.1, 0.15) is 36.6 Å². The van der Waals surface area contributed by atoms with Gasteiger partial charge in [-0.3, -0.25) is 4.79 Å². The van der Waals surface area contributed by atoms with Crippen molar-refractivity contribution in [1.82, 2.24) is 5.32 Å². The fourth-order valence-corrected chi connectivity index (χ4v) is 5.30. The van der Waals surface area contributed by atoms with Crippen LogP contribution in [0.15, 0.2) is 36.5 Å². The highest BCUT2D eigenvalue weighted by Gasteiger charge is 2.44. The van der Waals surface area contributed by atoms with Crippen LogP contribution < -0.4 is 5.32 Å². The third-order valence-corrected chi connectivity index (χ3v) is 8.43. The number of allylic oxidation sites excluding steroid dienone is 5. The van der Waals surface area contributed by atoms with Gasteiger partial charge in [-0.2, -0.15) is 0 Å². The first kappa shape index (κ1) is 43.4. The molecule has 47 heavy (non-hydrogen) atoms. The van der Waals surface area contributed by atoms with Crippen LogP contribution in [0.2, 0.25) is 0 Å². The molecule has 0 spiro atoms. The molecule has 0 aromatic rings. The number of rotatable bonds is 27. The molecule has 9 atom stereocenters. The van der Waals surface area contributed by atoms with E-state index in [9.17, 15) is 40.5 Å². The van der Waals surface area contributed by atoms with Crippen molar-refractivity contribution in [2.24, 2.45) is 0 Å². The smallest absolute Gasteiger partial charge is 0.249 e. The number of unbranched alkanes of at least 4 members (excludes halogenated alkanes) is 10. The van der Waals surface area contributed by atoms with Crippen LogP contribution in [-0.2, 0) is 14.3 Å². The number of aliphatic hydroxyl groups is 7. The summed E-state index contributed by atoms with van der Waals surface area (Å²) >= 11 is 0. The number of amides is 1. The Morgan fingerprint density at radius 1 is 0.766 bits per heavy atom. The molecule has 1 fully saturated rings. The first-order valence-corrected chi connectivity index (χ1v) is 17.9. The first-order valence-electron chi connectivity index (χ1n) is 17.9. The maximum Gasteiger partial charge on any atom is 0.249 e. The highest BCUT2D eigenvalue weighted by atomic mass is 16.7. The molecule has 1 amide bonds. The molecule has 11 heteroatoms. The molecule has 0 aromatic carbocycles. The van der Waals surface area contributed by atoms with Crippen molar-refractivity contribution in [2.75, 3.05) is 13.2 Å². The van der Waals surface area contributed by atoms with Crippen molar-refractivity contribution in [2.45, 2.75) is 172 Å². The van der Waals surface area contributed by atoms with Crippen LogP contribution in [0.25, 0.3) is 0 Å². The molecular weight excluding hydrogens is 606 g/mol. The Hall–Kier alpha value is -1.67. The summed E-state index contributed by atoms with van der Waals surface area (Å²) in [5.41, 5.74) is 0. The molecule has 1 saturated heterocycles. The zero-order valence-electron chi connectivity index (χ0n) is 28.7. The normalized spacial score (nSPS) is 24.7. The van der Waals surface area contributed by atoms with E-state index in [1.54, 1.807) is 6.08 Å². The maximum atomic E-state index is 12.9. The zero-order chi connectivity index (χ0) is 34.9. The lowest BCUT2D eigenvalue weighted by atomic mass is 9.99. The molecule has 0 saturated carbocycles. The Morgan fingerprint density at radius 3 is 2.02 bits per heavy atom. The fourth-order valence-electron chi connectivity index (χ4n) is 5.30. The van der Waals surface area contributed by atoms with E-state index in [-0.39, 0.29) is 12.8 Å². The van der Waals surface area contributed by atoms with E-state index in [4.69, 9.17) is 9.47 Å². The predicted octanol–water partition coefficient (Wildman–Crippen LogP) is 3.32. The summed E-state index contributed by atoms with van der Waals surface area (Å²) in [5.74, 6) is -0.781. The van der Waals surface area contributed by atoms with E-state index in [0.717, 1.165) is 25.7 Å². The summed E-state index contributed by atoms with van der Waals surface area (Å²) in [6.45, 7) is 3.25. The van der Waals surface area contributed by atoms with Gasteiger partial charge in [0.15, 0.2) is 6.29 Å². The fraction of sp³-hybridized carbons (Fsp3) is 0.806. The summed E-state index contributed by atoms with van der Waals surface area (Å²) in [4.78, 5) is 12.9. The second kappa shape index (κ2) is 27.2. The van der Waals surface area contributed by atoms with E-state index < -0.39 is 74.2 Å². The van der Waals surface area contributed by atoms with Gasteiger partial charge in [0, 0.05) is 6.42 Å². The molecule has 1 rings (SSSR count). The largest absolute Gasteiger partial charge is 0.394 e. The van der Waals surface area contributed by atoms with Gasteiger partial charge >= 0.3 is 0 Å². The number of hydrogen-bond donors (Lipinski definition) is 8. The van der Waals surface area contributed by atoms with Gasteiger partial charge in [-0.05, 0) is 51.4 Å². The topological polar surface area (TPSA) is 189 Å². The van der Waals surface area contributed by atoms with E-state index in [1.807, 2.05) is 12.2 Å². The predicted molar refractivity (Wildman–Crippen MR) is 182 cm³/mol. The van der Waals surface area contributed by atoms with Gasteiger partial charge in [-0.25, -0.2) is 0 Å². The first-order chi connectivity index (χ1) is 22.7. The maximum absolute atomic E-state index is 12.9. The second-order valence-corrected chi connectivity index (χ2v) is 12.6. The van der Waals surface area contributed by atoms with Crippen molar-refractivity contribution >= 4 is 5.91 Å². The molecule has 1 heterocycles. The minimum atomic E-state index is -1.68. The second-order valence-electron chi connectivity index (χ2n) is 12.6. The SMILES string of the molecule is CCCCC/C=C/CCCC(O)C(O)C(COC1OC(CO)C(O)C(O)C1O)NC(=O)C(O)C/C=C\C/C=C\CCCCCCCC. The van der Waals surface area contributed by atoms with Crippen LogP contribution in [0.3, 0.4) is 0 Å². The Bertz CT molecular complexity index is 867. The molecule has 274 valence electrons. The van der Waals surface area contributed by atoms with Crippen molar-refractivity contribution < 1.29 is 50.0 Å². The van der Waals surface area contributed by atoms with Gasteiger partial charge in [0.05, 0.1) is 25.4 Å². The quantitative estimate of drug-likeness (QED) is 0.0475. The molecule has 0 bridgehead atoms. The van der Waals surface area contributed by atoms with Gasteiger partial charge in [0.25, 0.3) is 0 Å². The van der Waals surface area contributed by atoms with Crippen molar-refractivity contribution in [3.63, 3.8) is 0 Å². The lowest BCUT2D eigenvalue weighted by Crippen LogP contribution is -2.60. The van der Waals surface area contributed by atoms with E-state index in [1.165, 1.54) is 44.9 Å². The minimum absolute atomic E-state index is 0.0423. The van der Waals surface area contributed by atoms with E-state index in [2.05, 4.69) is 37.4 Å². The number of nitrogens with one attached hydrogen (secondary N) is 1. The number of carbonyl (C=O) groups is 1. The summed E-state index contributed by atoms with van der Waals surface area (Å²) in [6.07, 6.45) is 15.4. The van der Waals surface area contributed by atoms with Crippen LogP contribution >= 0.6 is 0 Å². The molecule has 1 aliphatic heterocycles. The third-order valence-electron chi connectivity index (χ3n) is 8.43. The standard InChI is InChI=1S/C36H65NO10/c1-3-5-7-9-11-13-14-15-16-18-20-22-24-29(40)35(45)37-27(26-46-36-34(44)33(43)32(42)30(25-38)47-36)31(41)28(39)23-21-19-17-12-10-8-6-4-2/h12,15-17,20,22,27-34,36,38-44H,3-11,13-14,18-19,21,23-26H2,1-2H3,(H,37,45)/b16-15-,17-12+,22-20-. The summed E-state index contributed by atoms with van der Waals surface area (Å²) in [7, 11) is 0. The van der Waals surface area contributed by atoms with Crippen LogP contribution in [0.1, 0.15) is 117 Å². The average molecular weight is 672 g/mol. The number of aliphatic hydroxyl groups excluding tert-OH is 7. The number of carbonyl (C=O) groups excluding carboxylic acids is 1. The number of ether oxygens (including phenoxy) is 2. The molecule has 11 nitrogen and oxygen atoms in total. The summed E-state index contributed by atoms with van der Waals surface area (Å²) < 4.78 is 10.9. The monoisotopic (exact) mass is 671 g/mol. The molecular formula is C36H65NO10. The van der Waals surface area contributed by atoms with Crippen LogP contribution in [0.4, 0.5) is 0 Å². The van der Waals surface area contributed by atoms with Crippen LogP contribution in [0.5, 0.6) is 0 Å². The van der Waals surface area contributed by atoms with Gasteiger partial charge < -0.3 is 50.5 Å². The highest BCUT2D eigenvalue weighted by Crippen LogP contribution is 2.22.